The molecule has 0 aliphatic rings. The number of carbonyl (C=O) groups excluding carboxylic acids is 1. The van der Waals surface area contributed by atoms with Gasteiger partial charge >= 0.3 is 0 Å². The van der Waals surface area contributed by atoms with Crippen molar-refractivity contribution in [2.75, 3.05) is 5.32 Å². The molecule has 0 saturated heterocycles. The highest BCUT2D eigenvalue weighted by Crippen LogP contribution is 2.28. The summed E-state index contributed by atoms with van der Waals surface area (Å²) in [7, 11) is 0. The van der Waals surface area contributed by atoms with E-state index in [-0.39, 0.29) is 15.9 Å². The molecule has 3 rings (SSSR count). The summed E-state index contributed by atoms with van der Waals surface area (Å²) in [4.78, 5) is 16.6. The molecule has 1 N–H and O–H groups in total. The number of halogens is 4. The minimum Gasteiger partial charge on any atom is -0.325 e. The number of nitrogens with one attached hydrogen (secondary N) is 1. The minimum absolute atomic E-state index is 0.193. The number of benzene rings is 2. The Bertz CT molecular complexity index is 980. The van der Waals surface area contributed by atoms with Gasteiger partial charge in [-0.05, 0) is 55.8 Å². The van der Waals surface area contributed by atoms with Crippen molar-refractivity contribution >= 4 is 34.8 Å². The Morgan fingerprint density at radius 2 is 1.67 bits per heavy atom. The van der Waals surface area contributed by atoms with Gasteiger partial charge < -0.3 is 5.32 Å². The highest BCUT2D eigenvalue weighted by molar-refractivity contribution is 6.40. The molecule has 1 amide bonds. The molecule has 2 aromatic carbocycles. The Balaban J connectivity index is 1.80. The van der Waals surface area contributed by atoms with Gasteiger partial charge in [-0.1, -0.05) is 23.2 Å². The molecule has 1 heterocycles. The zero-order valence-corrected chi connectivity index (χ0v) is 15.9. The lowest BCUT2D eigenvalue weighted by Gasteiger charge is -2.24. The number of imidazole rings is 1. The van der Waals surface area contributed by atoms with Crippen LogP contribution in [0.3, 0.4) is 0 Å². The monoisotopic (exact) mass is 409 g/mol. The number of anilines is 1. The highest BCUT2D eigenvalue weighted by Gasteiger charge is 2.31. The first-order chi connectivity index (χ1) is 12.7. The molecule has 1 aromatic heterocycles. The van der Waals surface area contributed by atoms with Gasteiger partial charge in [-0.15, -0.1) is 0 Å². The Morgan fingerprint density at radius 1 is 1.07 bits per heavy atom. The Kier molecular flexibility index (Phi) is 5.22. The summed E-state index contributed by atoms with van der Waals surface area (Å²) < 4.78 is 28.6. The summed E-state index contributed by atoms with van der Waals surface area (Å²) in [5.41, 5.74) is 0.344. The van der Waals surface area contributed by atoms with Crippen LogP contribution in [0.5, 0.6) is 0 Å². The van der Waals surface area contributed by atoms with Gasteiger partial charge in [0.1, 0.15) is 18.0 Å². The van der Waals surface area contributed by atoms with Gasteiger partial charge in [0.2, 0.25) is 5.91 Å². The van der Waals surface area contributed by atoms with Crippen LogP contribution in [0.4, 0.5) is 14.5 Å². The van der Waals surface area contributed by atoms with E-state index in [9.17, 15) is 13.6 Å². The van der Waals surface area contributed by atoms with Crippen molar-refractivity contribution in [3.8, 4) is 5.69 Å². The first kappa shape index (κ1) is 19.3. The van der Waals surface area contributed by atoms with Crippen molar-refractivity contribution in [2.24, 2.45) is 0 Å². The van der Waals surface area contributed by atoms with E-state index in [0.717, 1.165) is 18.2 Å². The van der Waals surface area contributed by atoms with Crippen LogP contribution < -0.4 is 5.32 Å². The van der Waals surface area contributed by atoms with E-state index >= 15 is 0 Å². The third kappa shape index (κ3) is 3.96. The van der Waals surface area contributed by atoms with Crippen LogP contribution in [0.2, 0.25) is 10.3 Å². The number of nitrogens with zero attached hydrogens (tertiary/aromatic N) is 2. The van der Waals surface area contributed by atoms with Gasteiger partial charge in [-0.2, -0.15) is 0 Å². The van der Waals surface area contributed by atoms with E-state index in [1.165, 1.54) is 6.33 Å². The van der Waals surface area contributed by atoms with Crippen molar-refractivity contribution in [1.29, 1.82) is 0 Å². The maximum atomic E-state index is 13.5. The molecule has 0 atom stereocenters. The van der Waals surface area contributed by atoms with Crippen LogP contribution in [0.15, 0.2) is 48.8 Å². The molecular formula is C19H15Cl2F2N3O. The summed E-state index contributed by atoms with van der Waals surface area (Å²) in [6, 6.07) is 9.89. The second-order valence-electron chi connectivity index (χ2n) is 6.48. The van der Waals surface area contributed by atoms with Gasteiger partial charge in [0.05, 0.1) is 5.41 Å². The molecule has 0 saturated carbocycles. The Morgan fingerprint density at radius 3 is 2.19 bits per heavy atom. The van der Waals surface area contributed by atoms with Gasteiger partial charge in [0, 0.05) is 17.4 Å². The molecule has 140 valence electrons. The van der Waals surface area contributed by atoms with Crippen molar-refractivity contribution in [3.63, 3.8) is 0 Å². The quantitative estimate of drug-likeness (QED) is 0.629. The lowest BCUT2D eigenvalue weighted by molar-refractivity contribution is -0.120. The average Bonchev–Trinajstić information content (AvgIpc) is 2.94. The maximum Gasteiger partial charge on any atom is 0.234 e. The Labute approximate surface area is 164 Å². The fourth-order valence-electron chi connectivity index (χ4n) is 2.53. The average molecular weight is 410 g/mol. The predicted molar refractivity (Wildman–Crippen MR) is 102 cm³/mol. The van der Waals surface area contributed by atoms with E-state index in [0.29, 0.717) is 11.4 Å². The van der Waals surface area contributed by atoms with Crippen LogP contribution in [0.1, 0.15) is 19.4 Å². The molecule has 27 heavy (non-hydrogen) atoms. The molecule has 4 nitrogen and oxygen atoms in total. The molecular weight excluding hydrogens is 395 g/mol. The summed E-state index contributed by atoms with van der Waals surface area (Å²) in [5, 5.41) is 3.22. The number of aromatic nitrogens is 2. The first-order valence-electron chi connectivity index (χ1n) is 7.95. The van der Waals surface area contributed by atoms with E-state index in [2.05, 4.69) is 10.3 Å². The van der Waals surface area contributed by atoms with Gasteiger partial charge in [-0.25, -0.2) is 13.8 Å². The van der Waals surface area contributed by atoms with Gasteiger partial charge in [-0.3, -0.25) is 9.36 Å². The number of rotatable bonds is 4. The molecule has 8 heteroatoms. The molecule has 0 spiro atoms. The number of hydrogen-bond acceptors (Lipinski definition) is 2. The van der Waals surface area contributed by atoms with Crippen LogP contribution in [0.25, 0.3) is 5.69 Å². The van der Waals surface area contributed by atoms with Crippen molar-refractivity contribution in [1.82, 2.24) is 9.55 Å². The van der Waals surface area contributed by atoms with Crippen LogP contribution in [0, 0.1) is 11.6 Å². The van der Waals surface area contributed by atoms with E-state index in [1.54, 1.807) is 42.7 Å². The zero-order chi connectivity index (χ0) is 19.8. The summed E-state index contributed by atoms with van der Waals surface area (Å²) in [5.74, 6) is -1.86. The summed E-state index contributed by atoms with van der Waals surface area (Å²) in [6.07, 6.45) is 1.49. The highest BCUT2D eigenvalue weighted by atomic mass is 35.5. The topological polar surface area (TPSA) is 46.9 Å². The smallest absolute Gasteiger partial charge is 0.234 e. The molecule has 3 aromatic rings. The van der Waals surface area contributed by atoms with Crippen LogP contribution >= 0.6 is 23.2 Å². The standard InChI is InChI=1S/C19H15Cl2F2N3O/c1-19(2,11-7-12(22)9-13(23)8-11)18(27)25-14-3-5-15(6-4-14)26-10-24-16(20)17(26)21/h3-10H,1-2H3,(H,25,27). The van der Waals surface area contributed by atoms with Gasteiger partial charge in [0.25, 0.3) is 0 Å². The Hall–Kier alpha value is -2.44. The fourth-order valence-corrected chi connectivity index (χ4v) is 2.85. The first-order valence-corrected chi connectivity index (χ1v) is 8.71. The predicted octanol–water partition coefficient (Wildman–Crippen LogP) is 5.37. The molecule has 0 aliphatic carbocycles. The summed E-state index contributed by atoms with van der Waals surface area (Å²) in [6.45, 7) is 3.19. The molecule has 0 aliphatic heterocycles. The fraction of sp³-hybridized carbons (Fsp3) is 0.158. The maximum absolute atomic E-state index is 13.5. The SMILES string of the molecule is CC(C)(C(=O)Nc1ccc(-n2cnc(Cl)c2Cl)cc1)c1cc(F)cc(F)c1. The lowest BCUT2D eigenvalue weighted by atomic mass is 9.83. The van der Waals surface area contributed by atoms with Crippen LogP contribution in [-0.2, 0) is 10.2 Å². The van der Waals surface area contributed by atoms with E-state index in [4.69, 9.17) is 23.2 Å². The second-order valence-corrected chi connectivity index (χ2v) is 7.20. The van der Waals surface area contributed by atoms with Crippen molar-refractivity contribution < 1.29 is 13.6 Å². The normalized spacial score (nSPS) is 11.5. The molecule has 0 unspecified atom stereocenters. The van der Waals surface area contributed by atoms with Crippen molar-refractivity contribution in [2.45, 2.75) is 19.3 Å². The minimum atomic E-state index is -1.14. The molecule has 0 radical (unpaired) electrons. The van der Waals surface area contributed by atoms with Crippen molar-refractivity contribution in [3.05, 3.63) is 76.3 Å². The number of hydrogen-bond donors (Lipinski definition) is 1. The number of amides is 1. The van der Waals surface area contributed by atoms with E-state index in [1.807, 2.05) is 0 Å². The zero-order valence-electron chi connectivity index (χ0n) is 14.4. The molecule has 0 bridgehead atoms. The molecule has 0 fully saturated rings. The lowest BCUT2D eigenvalue weighted by Crippen LogP contribution is -2.35. The third-order valence-electron chi connectivity index (χ3n) is 4.22. The largest absolute Gasteiger partial charge is 0.325 e. The third-order valence-corrected chi connectivity index (χ3v) is 4.96. The second kappa shape index (κ2) is 7.29. The van der Waals surface area contributed by atoms with Crippen LogP contribution in [-0.4, -0.2) is 15.5 Å². The summed E-state index contributed by atoms with van der Waals surface area (Å²) >= 11 is 11.9. The number of carbonyl (C=O) groups is 1. The van der Waals surface area contributed by atoms with E-state index < -0.39 is 23.0 Å². The van der Waals surface area contributed by atoms with Gasteiger partial charge in [0.15, 0.2) is 10.3 Å².